The van der Waals surface area contributed by atoms with E-state index in [1.54, 1.807) is 0 Å². The van der Waals surface area contributed by atoms with E-state index in [-0.39, 0.29) is 17.9 Å². The molecule has 2 atom stereocenters. The van der Waals surface area contributed by atoms with Crippen molar-refractivity contribution in [1.29, 1.82) is 0 Å². The van der Waals surface area contributed by atoms with Gasteiger partial charge in [-0.1, -0.05) is 30.3 Å². The van der Waals surface area contributed by atoms with Gasteiger partial charge in [0.2, 0.25) is 0 Å². The zero-order valence-corrected chi connectivity index (χ0v) is 11.7. The molecule has 0 radical (unpaired) electrons. The number of hydrogen-bond donors (Lipinski definition) is 2. The van der Waals surface area contributed by atoms with Crippen molar-refractivity contribution in [2.75, 3.05) is 6.54 Å². The van der Waals surface area contributed by atoms with Crippen LogP contribution in [-0.4, -0.2) is 12.6 Å². The molecule has 2 nitrogen and oxygen atoms in total. The Morgan fingerprint density at radius 2 is 1.90 bits per heavy atom. The topological polar surface area (TPSA) is 24.1 Å². The first-order valence-electron chi connectivity index (χ1n) is 7.19. The van der Waals surface area contributed by atoms with Crippen LogP contribution in [-0.2, 0) is 6.54 Å². The first kappa shape index (κ1) is 14.2. The number of nitrogens with one attached hydrogen (secondary N) is 2. The van der Waals surface area contributed by atoms with Crippen LogP contribution in [0, 0.1) is 11.6 Å². The lowest BCUT2D eigenvalue weighted by molar-refractivity contribution is 0.453. The van der Waals surface area contributed by atoms with Gasteiger partial charge in [-0.3, -0.25) is 0 Å². The molecule has 0 bridgehead atoms. The minimum Gasteiger partial charge on any atom is -0.309 e. The van der Waals surface area contributed by atoms with Crippen molar-refractivity contribution in [3.05, 3.63) is 71.3 Å². The van der Waals surface area contributed by atoms with Crippen LogP contribution in [0.3, 0.4) is 0 Å². The summed E-state index contributed by atoms with van der Waals surface area (Å²) in [7, 11) is 0. The van der Waals surface area contributed by atoms with E-state index in [1.807, 2.05) is 18.2 Å². The first-order valence-corrected chi connectivity index (χ1v) is 7.19. The third kappa shape index (κ3) is 3.28. The van der Waals surface area contributed by atoms with Crippen molar-refractivity contribution in [3.63, 3.8) is 0 Å². The number of rotatable bonds is 4. The van der Waals surface area contributed by atoms with Crippen LogP contribution in [0.25, 0.3) is 0 Å². The molecule has 1 heterocycles. The summed E-state index contributed by atoms with van der Waals surface area (Å²) in [6, 6.07) is 14.2. The van der Waals surface area contributed by atoms with Crippen molar-refractivity contribution >= 4 is 0 Å². The van der Waals surface area contributed by atoms with E-state index in [0.29, 0.717) is 12.1 Å². The van der Waals surface area contributed by atoms with Crippen LogP contribution in [0.4, 0.5) is 8.78 Å². The summed E-state index contributed by atoms with van der Waals surface area (Å²) in [6.07, 6.45) is 0.969. The van der Waals surface area contributed by atoms with Gasteiger partial charge in [0.25, 0.3) is 0 Å². The van der Waals surface area contributed by atoms with Crippen molar-refractivity contribution in [2.45, 2.75) is 25.0 Å². The van der Waals surface area contributed by atoms with Gasteiger partial charge in [-0.2, -0.15) is 0 Å². The van der Waals surface area contributed by atoms with Gasteiger partial charge in [0.15, 0.2) is 0 Å². The highest BCUT2D eigenvalue weighted by molar-refractivity contribution is 5.23. The molecule has 110 valence electrons. The smallest absolute Gasteiger partial charge is 0.127 e. The SMILES string of the molecule is Fc1ccc(F)c(CNC2CCNC2c2ccccc2)c1. The highest BCUT2D eigenvalue weighted by Crippen LogP contribution is 2.24. The molecule has 1 aliphatic rings. The normalized spacial score (nSPS) is 21.6. The molecule has 2 unspecified atom stereocenters. The van der Waals surface area contributed by atoms with Gasteiger partial charge in [-0.05, 0) is 36.7 Å². The number of benzene rings is 2. The highest BCUT2D eigenvalue weighted by Gasteiger charge is 2.27. The van der Waals surface area contributed by atoms with E-state index in [1.165, 1.54) is 17.7 Å². The van der Waals surface area contributed by atoms with E-state index in [0.717, 1.165) is 19.0 Å². The third-order valence-corrected chi connectivity index (χ3v) is 3.94. The fraction of sp³-hybridized carbons (Fsp3) is 0.294. The zero-order chi connectivity index (χ0) is 14.7. The summed E-state index contributed by atoms with van der Waals surface area (Å²) in [5.41, 5.74) is 1.58. The second kappa shape index (κ2) is 6.33. The summed E-state index contributed by atoms with van der Waals surface area (Å²) < 4.78 is 26.8. The maximum absolute atomic E-state index is 13.6. The van der Waals surface area contributed by atoms with Crippen molar-refractivity contribution in [2.24, 2.45) is 0 Å². The van der Waals surface area contributed by atoms with Gasteiger partial charge >= 0.3 is 0 Å². The predicted molar refractivity (Wildman–Crippen MR) is 78.8 cm³/mol. The Morgan fingerprint density at radius 3 is 2.71 bits per heavy atom. The van der Waals surface area contributed by atoms with Crippen LogP contribution >= 0.6 is 0 Å². The Labute approximate surface area is 123 Å². The van der Waals surface area contributed by atoms with Gasteiger partial charge in [-0.25, -0.2) is 8.78 Å². The van der Waals surface area contributed by atoms with Crippen LogP contribution in [0.5, 0.6) is 0 Å². The molecule has 1 saturated heterocycles. The molecule has 2 N–H and O–H groups in total. The second-order valence-electron chi connectivity index (χ2n) is 5.35. The highest BCUT2D eigenvalue weighted by atomic mass is 19.1. The molecule has 4 heteroatoms. The molecule has 0 aliphatic carbocycles. The lowest BCUT2D eigenvalue weighted by Gasteiger charge is -2.21. The van der Waals surface area contributed by atoms with Crippen molar-refractivity contribution in [3.8, 4) is 0 Å². The summed E-state index contributed by atoms with van der Waals surface area (Å²) in [5.74, 6) is -0.775. The van der Waals surface area contributed by atoms with Crippen molar-refractivity contribution in [1.82, 2.24) is 10.6 Å². The quantitative estimate of drug-likeness (QED) is 0.903. The molecule has 2 aromatic rings. The van der Waals surface area contributed by atoms with Crippen LogP contribution in [0.1, 0.15) is 23.6 Å². The fourth-order valence-corrected chi connectivity index (χ4v) is 2.85. The average Bonchev–Trinajstić information content (AvgIpc) is 2.97. The lowest BCUT2D eigenvalue weighted by atomic mass is 10.0. The Kier molecular flexibility index (Phi) is 4.27. The molecule has 3 rings (SSSR count). The number of hydrogen-bond acceptors (Lipinski definition) is 2. The molecule has 1 fully saturated rings. The maximum Gasteiger partial charge on any atom is 0.127 e. The minimum atomic E-state index is -0.405. The van der Waals surface area contributed by atoms with E-state index < -0.39 is 5.82 Å². The summed E-state index contributed by atoms with van der Waals surface area (Å²) in [5, 5.41) is 6.80. The van der Waals surface area contributed by atoms with Crippen LogP contribution in [0.15, 0.2) is 48.5 Å². The van der Waals surface area contributed by atoms with Crippen LogP contribution in [0.2, 0.25) is 0 Å². The summed E-state index contributed by atoms with van der Waals surface area (Å²) in [6.45, 7) is 1.25. The first-order chi connectivity index (χ1) is 10.2. The largest absolute Gasteiger partial charge is 0.309 e. The fourth-order valence-electron chi connectivity index (χ4n) is 2.85. The molecule has 21 heavy (non-hydrogen) atoms. The van der Waals surface area contributed by atoms with Gasteiger partial charge in [0.05, 0.1) is 0 Å². The molecule has 1 aliphatic heterocycles. The van der Waals surface area contributed by atoms with Gasteiger partial charge in [0.1, 0.15) is 11.6 Å². The molecule has 0 saturated carbocycles. The van der Waals surface area contributed by atoms with Gasteiger partial charge < -0.3 is 10.6 Å². The Bertz CT molecular complexity index is 601. The van der Waals surface area contributed by atoms with Gasteiger partial charge in [0, 0.05) is 24.2 Å². The van der Waals surface area contributed by atoms with Crippen molar-refractivity contribution < 1.29 is 8.78 Å². The molecule has 0 spiro atoms. The Balaban J connectivity index is 1.68. The van der Waals surface area contributed by atoms with Gasteiger partial charge in [-0.15, -0.1) is 0 Å². The molecular formula is C17H18F2N2. The van der Waals surface area contributed by atoms with E-state index in [4.69, 9.17) is 0 Å². The second-order valence-corrected chi connectivity index (χ2v) is 5.35. The standard InChI is InChI=1S/C17H18F2N2/c18-14-6-7-15(19)13(10-14)11-21-16-8-9-20-17(16)12-4-2-1-3-5-12/h1-7,10,16-17,20-21H,8-9,11H2. The average molecular weight is 288 g/mol. The number of halogens is 2. The monoisotopic (exact) mass is 288 g/mol. The zero-order valence-electron chi connectivity index (χ0n) is 11.7. The summed E-state index contributed by atoms with van der Waals surface area (Å²) >= 11 is 0. The minimum absolute atomic E-state index is 0.211. The predicted octanol–water partition coefficient (Wildman–Crippen LogP) is 3.16. The summed E-state index contributed by atoms with van der Waals surface area (Å²) in [4.78, 5) is 0. The van der Waals surface area contributed by atoms with Crippen LogP contribution < -0.4 is 10.6 Å². The Hall–Kier alpha value is -1.78. The third-order valence-electron chi connectivity index (χ3n) is 3.94. The Morgan fingerprint density at radius 1 is 1.10 bits per heavy atom. The molecule has 0 aromatic heterocycles. The molecule has 0 amide bonds. The van der Waals surface area contributed by atoms with E-state index in [9.17, 15) is 8.78 Å². The molecule has 2 aromatic carbocycles. The maximum atomic E-state index is 13.6. The molecular weight excluding hydrogens is 270 g/mol. The lowest BCUT2D eigenvalue weighted by Crippen LogP contribution is -2.34. The van der Waals surface area contributed by atoms with E-state index >= 15 is 0 Å². The van der Waals surface area contributed by atoms with E-state index in [2.05, 4.69) is 22.8 Å².